The summed E-state index contributed by atoms with van der Waals surface area (Å²) in [5, 5.41) is 3.55. The van der Waals surface area contributed by atoms with E-state index < -0.39 is 0 Å². The Morgan fingerprint density at radius 1 is 1.29 bits per heavy atom. The van der Waals surface area contributed by atoms with Gasteiger partial charge in [-0.3, -0.25) is 4.90 Å². The molecule has 2 rings (SSSR count). The summed E-state index contributed by atoms with van der Waals surface area (Å²) in [7, 11) is 2.28. The Balaban J connectivity index is 1.90. The summed E-state index contributed by atoms with van der Waals surface area (Å²) in [4.78, 5) is 5.24. The van der Waals surface area contributed by atoms with Gasteiger partial charge in [0.1, 0.15) is 0 Å². The SMILES string of the molecule is CCC1CN(CC2(CC)CCNC2)CCN1C. The molecule has 2 fully saturated rings. The smallest absolute Gasteiger partial charge is 0.0218 e. The Bertz CT molecular complexity index is 236. The maximum atomic E-state index is 3.55. The molecule has 0 spiro atoms. The maximum Gasteiger partial charge on any atom is 0.0218 e. The lowest BCUT2D eigenvalue weighted by Crippen LogP contribution is -2.53. The fourth-order valence-electron chi connectivity index (χ4n) is 3.41. The van der Waals surface area contributed by atoms with E-state index in [4.69, 9.17) is 0 Å². The van der Waals surface area contributed by atoms with E-state index in [1.54, 1.807) is 0 Å². The highest BCUT2D eigenvalue weighted by atomic mass is 15.3. The largest absolute Gasteiger partial charge is 0.316 e. The third-order valence-corrected chi connectivity index (χ3v) is 4.97. The van der Waals surface area contributed by atoms with Crippen LogP contribution in [0.15, 0.2) is 0 Å². The highest BCUT2D eigenvalue weighted by Crippen LogP contribution is 2.31. The standard InChI is InChI=1S/C14H29N3/c1-4-13-10-17(9-8-16(13)3)12-14(5-2)6-7-15-11-14/h13,15H,4-12H2,1-3H3. The van der Waals surface area contributed by atoms with Crippen molar-refractivity contribution >= 4 is 0 Å². The van der Waals surface area contributed by atoms with Gasteiger partial charge in [0.05, 0.1) is 0 Å². The number of nitrogens with one attached hydrogen (secondary N) is 1. The van der Waals surface area contributed by atoms with Crippen molar-refractivity contribution in [3.63, 3.8) is 0 Å². The van der Waals surface area contributed by atoms with Gasteiger partial charge in [-0.2, -0.15) is 0 Å². The van der Waals surface area contributed by atoms with Crippen molar-refractivity contribution in [3.8, 4) is 0 Å². The molecule has 2 aliphatic rings. The summed E-state index contributed by atoms with van der Waals surface area (Å²) >= 11 is 0. The van der Waals surface area contributed by atoms with Crippen LogP contribution in [-0.4, -0.2) is 62.2 Å². The van der Waals surface area contributed by atoms with Gasteiger partial charge in [-0.05, 0) is 38.3 Å². The molecule has 0 amide bonds. The van der Waals surface area contributed by atoms with E-state index in [9.17, 15) is 0 Å². The van der Waals surface area contributed by atoms with E-state index in [1.165, 1.54) is 58.5 Å². The first-order valence-corrected chi connectivity index (χ1v) is 7.32. The van der Waals surface area contributed by atoms with Gasteiger partial charge in [0, 0.05) is 38.8 Å². The van der Waals surface area contributed by atoms with Crippen LogP contribution in [0.5, 0.6) is 0 Å². The van der Waals surface area contributed by atoms with Crippen LogP contribution >= 0.6 is 0 Å². The minimum atomic E-state index is 0.564. The van der Waals surface area contributed by atoms with Crippen molar-refractivity contribution in [2.24, 2.45) is 5.41 Å². The first kappa shape index (κ1) is 13.3. The lowest BCUT2D eigenvalue weighted by atomic mass is 9.83. The van der Waals surface area contributed by atoms with E-state index in [2.05, 4.69) is 36.0 Å². The molecule has 100 valence electrons. The van der Waals surface area contributed by atoms with Gasteiger partial charge in [-0.1, -0.05) is 13.8 Å². The van der Waals surface area contributed by atoms with Gasteiger partial charge in [0.15, 0.2) is 0 Å². The van der Waals surface area contributed by atoms with Crippen molar-refractivity contribution in [2.45, 2.75) is 39.2 Å². The molecule has 0 radical (unpaired) electrons. The number of rotatable bonds is 4. The molecule has 17 heavy (non-hydrogen) atoms. The average Bonchev–Trinajstić information content (AvgIpc) is 2.81. The van der Waals surface area contributed by atoms with Crippen LogP contribution in [0.4, 0.5) is 0 Å². The molecule has 3 nitrogen and oxygen atoms in total. The van der Waals surface area contributed by atoms with Crippen molar-refractivity contribution < 1.29 is 0 Å². The zero-order valence-electron chi connectivity index (χ0n) is 11.8. The van der Waals surface area contributed by atoms with Gasteiger partial charge < -0.3 is 10.2 Å². The van der Waals surface area contributed by atoms with E-state index in [-0.39, 0.29) is 0 Å². The van der Waals surface area contributed by atoms with Gasteiger partial charge in [0.25, 0.3) is 0 Å². The molecule has 2 heterocycles. The molecule has 2 atom stereocenters. The van der Waals surface area contributed by atoms with Crippen LogP contribution in [-0.2, 0) is 0 Å². The third-order valence-electron chi connectivity index (χ3n) is 4.97. The monoisotopic (exact) mass is 239 g/mol. The molecule has 2 saturated heterocycles. The fourth-order valence-corrected chi connectivity index (χ4v) is 3.41. The third kappa shape index (κ3) is 3.01. The molecular weight excluding hydrogens is 210 g/mol. The summed E-state index contributed by atoms with van der Waals surface area (Å²) in [6, 6.07) is 0.770. The first-order valence-electron chi connectivity index (χ1n) is 7.32. The van der Waals surface area contributed by atoms with Crippen molar-refractivity contribution in [3.05, 3.63) is 0 Å². The van der Waals surface area contributed by atoms with Gasteiger partial charge in [-0.25, -0.2) is 0 Å². The Labute approximate surface area is 107 Å². The van der Waals surface area contributed by atoms with E-state index >= 15 is 0 Å². The number of nitrogens with zero attached hydrogens (tertiary/aromatic N) is 2. The summed E-state index contributed by atoms with van der Waals surface area (Å²) in [5.74, 6) is 0. The zero-order chi connectivity index (χ0) is 12.3. The molecule has 0 bridgehead atoms. The van der Waals surface area contributed by atoms with Crippen molar-refractivity contribution in [1.29, 1.82) is 0 Å². The lowest BCUT2D eigenvalue weighted by molar-refractivity contribution is 0.0601. The van der Waals surface area contributed by atoms with Crippen molar-refractivity contribution in [1.82, 2.24) is 15.1 Å². The van der Waals surface area contributed by atoms with Crippen LogP contribution in [0.3, 0.4) is 0 Å². The Kier molecular flexibility index (Phi) is 4.45. The molecular formula is C14H29N3. The molecule has 0 aromatic heterocycles. The fraction of sp³-hybridized carbons (Fsp3) is 1.00. The molecule has 0 aliphatic carbocycles. The molecule has 0 aromatic rings. The predicted octanol–water partition coefficient (Wildman–Crippen LogP) is 1.40. The minimum Gasteiger partial charge on any atom is -0.316 e. The van der Waals surface area contributed by atoms with Crippen LogP contribution < -0.4 is 5.32 Å². The topological polar surface area (TPSA) is 18.5 Å². The Morgan fingerprint density at radius 3 is 2.71 bits per heavy atom. The Morgan fingerprint density at radius 2 is 2.12 bits per heavy atom. The van der Waals surface area contributed by atoms with E-state index in [0.717, 1.165) is 6.04 Å². The van der Waals surface area contributed by atoms with Crippen LogP contribution in [0.25, 0.3) is 0 Å². The lowest BCUT2D eigenvalue weighted by Gasteiger charge is -2.42. The summed E-state index contributed by atoms with van der Waals surface area (Å²) < 4.78 is 0. The Hall–Kier alpha value is -0.120. The number of likely N-dealkylation sites (N-methyl/N-ethyl adjacent to an activating group) is 1. The highest BCUT2D eigenvalue weighted by Gasteiger charge is 2.35. The van der Waals surface area contributed by atoms with Crippen molar-refractivity contribution in [2.75, 3.05) is 46.3 Å². The molecule has 0 saturated carbocycles. The van der Waals surface area contributed by atoms with Gasteiger partial charge in [-0.15, -0.1) is 0 Å². The van der Waals surface area contributed by atoms with E-state index in [1.807, 2.05) is 0 Å². The highest BCUT2D eigenvalue weighted by molar-refractivity contribution is 4.91. The van der Waals surface area contributed by atoms with Gasteiger partial charge in [0.2, 0.25) is 0 Å². The van der Waals surface area contributed by atoms with E-state index in [0.29, 0.717) is 5.41 Å². The number of piperazine rings is 1. The molecule has 2 aliphatic heterocycles. The molecule has 2 unspecified atom stereocenters. The first-order chi connectivity index (χ1) is 8.19. The second-order valence-corrected chi connectivity index (χ2v) is 6.06. The maximum absolute atomic E-state index is 3.55. The van der Waals surface area contributed by atoms with Crippen LogP contribution in [0, 0.1) is 5.41 Å². The van der Waals surface area contributed by atoms with Gasteiger partial charge >= 0.3 is 0 Å². The quantitative estimate of drug-likeness (QED) is 0.800. The van der Waals surface area contributed by atoms with Crippen LogP contribution in [0.2, 0.25) is 0 Å². The second kappa shape index (κ2) is 5.68. The second-order valence-electron chi connectivity index (χ2n) is 6.06. The predicted molar refractivity (Wildman–Crippen MR) is 73.4 cm³/mol. The number of hydrogen-bond acceptors (Lipinski definition) is 3. The molecule has 1 N–H and O–H groups in total. The number of hydrogen-bond donors (Lipinski definition) is 1. The minimum absolute atomic E-state index is 0.564. The molecule has 3 heteroatoms. The zero-order valence-corrected chi connectivity index (χ0v) is 11.8. The summed E-state index contributed by atoms with van der Waals surface area (Å²) in [6.45, 7) is 12.2. The summed E-state index contributed by atoms with van der Waals surface area (Å²) in [5.41, 5.74) is 0.564. The average molecular weight is 239 g/mol. The molecule has 0 aromatic carbocycles. The summed E-state index contributed by atoms with van der Waals surface area (Å²) in [6.07, 6.45) is 3.97. The van der Waals surface area contributed by atoms with Crippen LogP contribution in [0.1, 0.15) is 33.1 Å². The normalized spacial score (nSPS) is 36.5.